The van der Waals surface area contributed by atoms with Crippen LogP contribution in [-0.4, -0.2) is 18.1 Å². The minimum atomic E-state index is -0.0926. The standard InChI is InChI=1S/C15H16BrNO3/c1-19-15(18)10-4-2-9(3-5-10)14-17-12-8-11(16)6-7-13(12)20-14/h6-10H,2-5H2,1H3. The molecule has 1 aliphatic carbocycles. The van der Waals surface area contributed by atoms with Gasteiger partial charge in [0.05, 0.1) is 13.0 Å². The second-order valence-electron chi connectivity index (χ2n) is 5.24. The summed E-state index contributed by atoms with van der Waals surface area (Å²) in [6.45, 7) is 0. The van der Waals surface area contributed by atoms with Gasteiger partial charge in [0.1, 0.15) is 5.52 Å². The topological polar surface area (TPSA) is 52.3 Å². The first kappa shape index (κ1) is 13.6. The van der Waals surface area contributed by atoms with E-state index in [1.807, 2.05) is 18.2 Å². The number of aromatic nitrogens is 1. The second-order valence-corrected chi connectivity index (χ2v) is 6.15. The molecule has 1 aliphatic rings. The van der Waals surface area contributed by atoms with Gasteiger partial charge in [-0.25, -0.2) is 4.98 Å². The van der Waals surface area contributed by atoms with Gasteiger partial charge in [0.25, 0.3) is 0 Å². The highest BCUT2D eigenvalue weighted by Crippen LogP contribution is 2.37. The van der Waals surface area contributed by atoms with Crippen LogP contribution < -0.4 is 0 Å². The van der Waals surface area contributed by atoms with E-state index in [4.69, 9.17) is 9.15 Å². The fourth-order valence-electron chi connectivity index (χ4n) is 2.84. The SMILES string of the molecule is COC(=O)C1CCC(c2nc3cc(Br)ccc3o2)CC1. The summed E-state index contributed by atoms with van der Waals surface area (Å²) in [5.74, 6) is 1.04. The third-order valence-electron chi connectivity index (χ3n) is 3.98. The van der Waals surface area contributed by atoms with Crippen LogP contribution in [0.3, 0.4) is 0 Å². The van der Waals surface area contributed by atoms with E-state index in [9.17, 15) is 4.79 Å². The van der Waals surface area contributed by atoms with Gasteiger partial charge in [0, 0.05) is 10.4 Å². The highest BCUT2D eigenvalue weighted by atomic mass is 79.9. The molecule has 0 amide bonds. The lowest BCUT2D eigenvalue weighted by molar-refractivity contribution is -0.146. The fourth-order valence-corrected chi connectivity index (χ4v) is 3.18. The van der Waals surface area contributed by atoms with E-state index >= 15 is 0 Å². The van der Waals surface area contributed by atoms with E-state index in [1.165, 1.54) is 7.11 Å². The summed E-state index contributed by atoms with van der Waals surface area (Å²) < 4.78 is 11.6. The molecule has 0 atom stereocenters. The summed E-state index contributed by atoms with van der Waals surface area (Å²) in [4.78, 5) is 16.1. The number of methoxy groups -OCH3 is 1. The number of esters is 1. The number of fused-ring (bicyclic) bond motifs is 1. The van der Waals surface area contributed by atoms with Crippen molar-refractivity contribution in [3.63, 3.8) is 0 Å². The first-order valence-corrected chi connectivity index (χ1v) is 7.60. The number of hydrogen-bond acceptors (Lipinski definition) is 4. The highest BCUT2D eigenvalue weighted by Gasteiger charge is 2.30. The zero-order chi connectivity index (χ0) is 14.1. The smallest absolute Gasteiger partial charge is 0.308 e. The Kier molecular flexibility index (Phi) is 3.78. The van der Waals surface area contributed by atoms with Crippen LogP contribution in [0.4, 0.5) is 0 Å². The van der Waals surface area contributed by atoms with Crippen LogP contribution in [0.2, 0.25) is 0 Å². The summed E-state index contributed by atoms with van der Waals surface area (Å²) in [7, 11) is 1.45. The van der Waals surface area contributed by atoms with E-state index in [0.717, 1.165) is 47.1 Å². The Morgan fingerprint density at radius 2 is 2.10 bits per heavy atom. The van der Waals surface area contributed by atoms with Crippen molar-refractivity contribution < 1.29 is 13.9 Å². The Hall–Kier alpha value is -1.36. The number of benzene rings is 1. The zero-order valence-electron chi connectivity index (χ0n) is 11.3. The second kappa shape index (κ2) is 5.56. The molecule has 106 valence electrons. The predicted octanol–water partition coefficient (Wildman–Crippen LogP) is 4.04. The maximum Gasteiger partial charge on any atom is 0.308 e. The summed E-state index contributed by atoms with van der Waals surface area (Å²) >= 11 is 3.44. The molecule has 0 unspecified atom stereocenters. The average molecular weight is 338 g/mol. The summed E-state index contributed by atoms with van der Waals surface area (Å²) in [5.41, 5.74) is 1.70. The van der Waals surface area contributed by atoms with Gasteiger partial charge in [0.2, 0.25) is 0 Å². The number of rotatable bonds is 2. The van der Waals surface area contributed by atoms with Crippen LogP contribution in [0.5, 0.6) is 0 Å². The van der Waals surface area contributed by atoms with Crippen molar-refractivity contribution in [1.29, 1.82) is 0 Å². The molecule has 1 heterocycles. The normalized spacial score (nSPS) is 22.9. The van der Waals surface area contributed by atoms with Crippen molar-refractivity contribution in [2.75, 3.05) is 7.11 Å². The van der Waals surface area contributed by atoms with Gasteiger partial charge in [0.15, 0.2) is 11.5 Å². The predicted molar refractivity (Wildman–Crippen MR) is 78.4 cm³/mol. The van der Waals surface area contributed by atoms with Gasteiger partial charge in [-0.3, -0.25) is 4.79 Å². The monoisotopic (exact) mass is 337 g/mol. The van der Waals surface area contributed by atoms with Crippen molar-refractivity contribution in [1.82, 2.24) is 4.98 Å². The number of oxazole rings is 1. The van der Waals surface area contributed by atoms with E-state index in [1.54, 1.807) is 0 Å². The van der Waals surface area contributed by atoms with E-state index in [2.05, 4.69) is 20.9 Å². The first-order valence-electron chi connectivity index (χ1n) is 6.81. The number of nitrogens with zero attached hydrogens (tertiary/aromatic N) is 1. The molecule has 2 aromatic rings. The molecule has 4 nitrogen and oxygen atoms in total. The van der Waals surface area contributed by atoms with Gasteiger partial charge in [-0.05, 0) is 43.9 Å². The Labute approximate surface area is 125 Å². The van der Waals surface area contributed by atoms with E-state index in [0.29, 0.717) is 5.92 Å². The molecule has 5 heteroatoms. The number of ether oxygens (including phenoxy) is 1. The summed E-state index contributed by atoms with van der Waals surface area (Å²) in [6, 6.07) is 5.84. The van der Waals surface area contributed by atoms with Crippen molar-refractivity contribution in [2.24, 2.45) is 5.92 Å². The maximum atomic E-state index is 11.5. The Balaban J connectivity index is 1.75. The van der Waals surface area contributed by atoms with Crippen molar-refractivity contribution in [3.05, 3.63) is 28.6 Å². The molecule has 0 radical (unpaired) electrons. The average Bonchev–Trinajstić information content (AvgIpc) is 2.89. The van der Waals surface area contributed by atoms with Crippen molar-refractivity contribution >= 4 is 33.0 Å². The number of hydrogen-bond donors (Lipinski definition) is 0. The number of halogens is 1. The molecule has 1 aromatic heterocycles. The lowest BCUT2D eigenvalue weighted by Crippen LogP contribution is -2.22. The molecule has 1 saturated carbocycles. The number of carbonyl (C=O) groups is 1. The molecule has 20 heavy (non-hydrogen) atoms. The van der Waals surface area contributed by atoms with Gasteiger partial charge in [-0.15, -0.1) is 0 Å². The molecule has 1 aromatic carbocycles. The quantitative estimate of drug-likeness (QED) is 0.776. The minimum absolute atomic E-state index is 0.0368. The molecular weight excluding hydrogens is 322 g/mol. The van der Waals surface area contributed by atoms with Gasteiger partial charge >= 0.3 is 5.97 Å². The third-order valence-corrected chi connectivity index (χ3v) is 4.47. The summed E-state index contributed by atoms with van der Waals surface area (Å²) in [6.07, 6.45) is 3.54. The van der Waals surface area contributed by atoms with Crippen LogP contribution in [0.15, 0.2) is 27.1 Å². The Bertz CT molecular complexity index is 629. The highest BCUT2D eigenvalue weighted by molar-refractivity contribution is 9.10. The van der Waals surface area contributed by atoms with Crippen LogP contribution in [-0.2, 0) is 9.53 Å². The van der Waals surface area contributed by atoms with Crippen molar-refractivity contribution in [2.45, 2.75) is 31.6 Å². The van der Waals surface area contributed by atoms with Crippen LogP contribution in [0.25, 0.3) is 11.1 Å². The Morgan fingerprint density at radius 1 is 1.35 bits per heavy atom. The maximum absolute atomic E-state index is 11.5. The molecule has 3 rings (SSSR count). The van der Waals surface area contributed by atoms with Gasteiger partial charge < -0.3 is 9.15 Å². The molecule has 0 bridgehead atoms. The molecule has 0 spiro atoms. The van der Waals surface area contributed by atoms with E-state index < -0.39 is 0 Å². The van der Waals surface area contributed by atoms with Crippen molar-refractivity contribution in [3.8, 4) is 0 Å². The third kappa shape index (κ3) is 2.59. The van der Waals surface area contributed by atoms with Crippen LogP contribution in [0, 0.1) is 5.92 Å². The zero-order valence-corrected chi connectivity index (χ0v) is 12.9. The van der Waals surface area contributed by atoms with Crippen LogP contribution in [0.1, 0.15) is 37.5 Å². The minimum Gasteiger partial charge on any atom is -0.469 e. The molecule has 0 aliphatic heterocycles. The molecule has 1 fully saturated rings. The number of carbonyl (C=O) groups excluding carboxylic acids is 1. The van der Waals surface area contributed by atoms with Gasteiger partial charge in [-0.1, -0.05) is 15.9 Å². The van der Waals surface area contributed by atoms with E-state index in [-0.39, 0.29) is 11.9 Å². The Morgan fingerprint density at radius 3 is 2.80 bits per heavy atom. The summed E-state index contributed by atoms with van der Waals surface area (Å²) in [5, 5.41) is 0. The van der Waals surface area contributed by atoms with Gasteiger partial charge in [-0.2, -0.15) is 0 Å². The molecular formula is C15H16BrNO3. The largest absolute Gasteiger partial charge is 0.469 e. The fraction of sp³-hybridized carbons (Fsp3) is 0.467. The molecule has 0 N–H and O–H groups in total. The lowest BCUT2D eigenvalue weighted by atomic mass is 9.82. The molecule has 0 saturated heterocycles. The first-order chi connectivity index (χ1) is 9.67. The lowest BCUT2D eigenvalue weighted by Gasteiger charge is -2.24. The van der Waals surface area contributed by atoms with Crippen LogP contribution >= 0.6 is 15.9 Å².